The van der Waals surface area contributed by atoms with Crippen molar-refractivity contribution in [2.24, 2.45) is 0 Å². The van der Waals surface area contributed by atoms with Crippen LogP contribution >= 0.6 is 0 Å². The van der Waals surface area contributed by atoms with Gasteiger partial charge in [-0.3, -0.25) is 5.73 Å². The van der Waals surface area contributed by atoms with Gasteiger partial charge in [-0.15, -0.1) is 0 Å². The maximum absolute atomic E-state index is 11.3. The predicted molar refractivity (Wildman–Crippen MR) is 62.5 cm³/mol. The Kier molecular flexibility index (Phi) is 3.07. The summed E-state index contributed by atoms with van der Waals surface area (Å²) >= 11 is 0. The molecule has 0 aromatic carbocycles. The number of nitrogens with two attached hydrogens (primary N) is 1. The molecule has 0 aliphatic carbocycles. The van der Waals surface area contributed by atoms with Gasteiger partial charge in [0.2, 0.25) is 0 Å². The highest BCUT2D eigenvalue weighted by atomic mass is 16.5. The van der Waals surface area contributed by atoms with Crippen LogP contribution in [-0.4, -0.2) is 5.54 Å². The van der Waals surface area contributed by atoms with Crippen LogP contribution in [0.2, 0.25) is 0 Å². The largest absolute Gasteiger partial charge is 0.710 e. The van der Waals surface area contributed by atoms with Crippen LogP contribution in [0.3, 0.4) is 0 Å². The van der Waals surface area contributed by atoms with E-state index in [1.807, 2.05) is 0 Å². The normalized spacial score (nSPS) is 11.5. The molecule has 0 saturated carbocycles. The number of hydrogen-bond donors (Lipinski definition) is 2. The minimum absolute atomic E-state index is 0.00788. The SMILES string of the molecule is CCC(C)(C)Nc1cc(C)[n+]([O-])c(N)c1. The first kappa shape index (κ1) is 11.6. The Balaban J connectivity index is 2.98. The zero-order valence-corrected chi connectivity index (χ0v) is 9.79. The molecule has 3 N–H and O–H groups in total. The summed E-state index contributed by atoms with van der Waals surface area (Å²) in [5.74, 6) is 0.226. The highest BCUT2D eigenvalue weighted by Crippen LogP contribution is 2.19. The maximum Gasteiger partial charge on any atom is 0.277 e. The van der Waals surface area contributed by atoms with Crippen LogP contribution in [0.25, 0.3) is 0 Å². The van der Waals surface area contributed by atoms with Gasteiger partial charge in [-0.25, -0.2) is 4.73 Å². The van der Waals surface area contributed by atoms with E-state index in [-0.39, 0.29) is 11.4 Å². The molecule has 0 bridgehead atoms. The molecule has 1 aromatic rings. The van der Waals surface area contributed by atoms with Gasteiger partial charge in [0.15, 0.2) is 0 Å². The molecule has 84 valence electrons. The molecule has 1 aromatic heterocycles. The second-order valence-electron chi connectivity index (χ2n) is 4.47. The summed E-state index contributed by atoms with van der Waals surface area (Å²) in [6.45, 7) is 8.07. The summed E-state index contributed by atoms with van der Waals surface area (Å²) in [5.41, 5.74) is 7.09. The Labute approximate surface area is 90.7 Å². The summed E-state index contributed by atoms with van der Waals surface area (Å²) in [5, 5.41) is 14.7. The molecule has 0 unspecified atom stereocenters. The summed E-state index contributed by atoms with van der Waals surface area (Å²) < 4.78 is 0.726. The predicted octanol–water partition coefficient (Wildman–Crippen LogP) is 1.81. The third kappa shape index (κ3) is 2.75. The van der Waals surface area contributed by atoms with Gasteiger partial charge >= 0.3 is 0 Å². The quantitative estimate of drug-likeness (QED) is 0.589. The number of nitrogens with one attached hydrogen (secondary N) is 1. The fraction of sp³-hybridized carbons (Fsp3) is 0.545. The van der Waals surface area contributed by atoms with Gasteiger partial charge in [0.25, 0.3) is 5.82 Å². The number of anilines is 2. The molecule has 0 spiro atoms. The van der Waals surface area contributed by atoms with Crippen molar-refractivity contribution in [2.75, 3.05) is 11.1 Å². The summed E-state index contributed by atoms with van der Waals surface area (Å²) in [7, 11) is 0. The number of pyridine rings is 1. The van der Waals surface area contributed by atoms with Crippen molar-refractivity contribution in [1.82, 2.24) is 0 Å². The molecule has 0 aliphatic rings. The fourth-order valence-electron chi connectivity index (χ4n) is 1.30. The zero-order chi connectivity index (χ0) is 11.6. The van der Waals surface area contributed by atoms with Gasteiger partial charge in [0.1, 0.15) is 5.69 Å². The molecule has 0 aliphatic heterocycles. The topological polar surface area (TPSA) is 65.0 Å². The van der Waals surface area contributed by atoms with Gasteiger partial charge in [0, 0.05) is 17.3 Å². The molecule has 0 atom stereocenters. The second kappa shape index (κ2) is 3.96. The summed E-state index contributed by atoms with van der Waals surface area (Å²) in [6, 6.07) is 3.47. The number of hydrogen-bond acceptors (Lipinski definition) is 3. The van der Waals surface area contributed by atoms with Crippen molar-refractivity contribution >= 4 is 11.5 Å². The van der Waals surface area contributed by atoms with Gasteiger partial charge in [0.05, 0.1) is 6.07 Å². The van der Waals surface area contributed by atoms with Crippen molar-refractivity contribution in [1.29, 1.82) is 0 Å². The first-order chi connectivity index (χ1) is 6.85. The van der Waals surface area contributed by atoms with Crippen LogP contribution in [-0.2, 0) is 0 Å². The van der Waals surface area contributed by atoms with Crippen LogP contribution in [0.1, 0.15) is 32.9 Å². The van der Waals surface area contributed by atoms with Gasteiger partial charge < -0.3 is 10.5 Å². The molecular weight excluding hydrogens is 190 g/mol. The molecular formula is C11H19N3O. The minimum atomic E-state index is 0.00788. The maximum atomic E-state index is 11.3. The van der Waals surface area contributed by atoms with Crippen molar-refractivity contribution in [3.8, 4) is 0 Å². The first-order valence-corrected chi connectivity index (χ1v) is 5.13. The van der Waals surface area contributed by atoms with Crippen molar-refractivity contribution in [3.05, 3.63) is 23.0 Å². The average Bonchev–Trinajstić information content (AvgIpc) is 2.13. The Morgan fingerprint density at radius 2 is 2.07 bits per heavy atom. The standard InChI is InChI=1S/C11H19N3O/c1-5-11(3,4)13-9-6-8(2)14(15)10(12)7-9/h6-7,13H,5,12H2,1-4H3. The molecule has 4 heteroatoms. The van der Waals surface area contributed by atoms with Gasteiger partial charge in [-0.1, -0.05) is 6.92 Å². The highest BCUT2D eigenvalue weighted by Gasteiger charge is 2.15. The number of rotatable bonds is 3. The van der Waals surface area contributed by atoms with Crippen LogP contribution in [0.15, 0.2) is 12.1 Å². The van der Waals surface area contributed by atoms with Crippen LogP contribution < -0.4 is 15.8 Å². The lowest BCUT2D eigenvalue weighted by atomic mass is 10.0. The van der Waals surface area contributed by atoms with E-state index in [0.29, 0.717) is 5.69 Å². The molecule has 0 amide bonds. The molecule has 0 saturated heterocycles. The van der Waals surface area contributed by atoms with Gasteiger partial charge in [-0.05, 0) is 27.2 Å². The van der Waals surface area contributed by atoms with Crippen molar-refractivity contribution in [2.45, 2.75) is 39.7 Å². The lowest BCUT2D eigenvalue weighted by Gasteiger charge is -2.26. The van der Waals surface area contributed by atoms with E-state index in [2.05, 4.69) is 26.1 Å². The second-order valence-corrected chi connectivity index (χ2v) is 4.47. The number of aryl methyl sites for hydroxylation is 1. The Morgan fingerprint density at radius 1 is 1.47 bits per heavy atom. The molecule has 15 heavy (non-hydrogen) atoms. The lowest BCUT2D eigenvalue weighted by Crippen LogP contribution is -2.35. The van der Waals surface area contributed by atoms with Crippen molar-refractivity contribution < 1.29 is 4.73 Å². The molecule has 0 fully saturated rings. The smallest absolute Gasteiger partial charge is 0.277 e. The third-order valence-electron chi connectivity index (χ3n) is 2.59. The van der Waals surface area contributed by atoms with E-state index in [0.717, 1.165) is 16.8 Å². The Bertz CT molecular complexity index is 338. The summed E-state index contributed by atoms with van der Waals surface area (Å²) in [6.07, 6.45) is 0.998. The van der Waals surface area contributed by atoms with E-state index in [4.69, 9.17) is 5.73 Å². The van der Waals surface area contributed by atoms with E-state index in [1.165, 1.54) is 0 Å². The molecule has 0 radical (unpaired) electrons. The Hall–Kier alpha value is -1.45. The lowest BCUT2D eigenvalue weighted by molar-refractivity contribution is -0.596. The van der Waals surface area contributed by atoms with E-state index < -0.39 is 0 Å². The first-order valence-electron chi connectivity index (χ1n) is 5.13. The summed E-state index contributed by atoms with van der Waals surface area (Å²) in [4.78, 5) is 0. The monoisotopic (exact) mass is 209 g/mol. The third-order valence-corrected chi connectivity index (χ3v) is 2.59. The van der Waals surface area contributed by atoms with Crippen LogP contribution in [0.4, 0.5) is 11.5 Å². The zero-order valence-electron chi connectivity index (χ0n) is 9.79. The number of nitrogens with zero attached hydrogens (tertiary/aromatic N) is 1. The number of aromatic nitrogens is 1. The minimum Gasteiger partial charge on any atom is -0.710 e. The van der Waals surface area contributed by atoms with E-state index in [9.17, 15) is 5.21 Å². The van der Waals surface area contributed by atoms with Gasteiger partial charge in [-0.2, -0.15) is 0 Å². The highest BCUT2D eigenvalue weighted by molar-refractivity contribution is 5.50. The fourth-order valence-corrected chi connectivity index (χ4v) is 1.30. The van der Waals surface area contributed by atoms with E-state index in [1.54, 1.807) is 19.1 Å². The van der Waals surface area contributed by atoms with Crippen LogP contribution in [0.5, 0.6) is 0 Å². The van der Waals surface area contributed by atoms with E-state index >= 15 is 0 Å². The molecule has 1 rings (SSSR count). The number of nitrogen functional groups attached to an aromatic ring is 1. The Morgan fingerprint density at radius 3 is 2.53 bits per heavy atom. The molecule has 1 heterocycles. The van der Waals surface area contributed by atoms with Crippen molar-refractivity contribution in [3.63, 3.8) is 0 Å². The van der Waals surface area contributed by atoms with Crippen LogP contribution in [0, 0.1) is 12.1 Å². The average molecular weight is 209 g/mol. The molecule has 4 nitrogen and oxygen atoms in total.